The monoisotopic (exact) mass is 547 g/mol. The van der Waals surface area contributed by atoms with E-state index in [2.05, 4.69) is 61.1 Å². The zero-order valence-electron chi connectivity index (χ0n) is 23.2. The zero-order valence-corrected chi connectivity index (χ0v) is 24.8. The molecular weight excluding hydrogens is 510 g/mol. The van der Waals surface area contributed by atoms with Crippen molar-refractivity contribution in [2.24, 2.45) is 10.9 Å². The third-order valence-electron chi connectivity index (χ3n) is 5.71. The number of carbonyl (C=O) groups excluding carboxylic acids is 1. The highest BCUT2D eigenvalue weighted by atomic mass is 35.5. The molecule has 4 nitrogen and oxygen atoms in total. The maximum absolute atomic E-state index is 11.5. The standard InChI is InChI=1S/C20H22ClNS.C12H16N2O/c1-13(2)17(11-8-9-14(3)21)20-18-10-6-7-12-19(18)23-16(5)15(4)22-20;1-3-5-10(2)12(15)14-9-11-6-4-7-13-8-11/h6-7,9-12H,1,8H2,2-5H3;3-8,10H,9H2,1-2H3,(H,14,15)/b14-9+,17-11+;5-3-. The first-order chi connectivity index (χ1) is 18.1. The first-order valence-electron chi connectivity index (χ1n) is 12.7. The molecule has 38 heavy (non-hydrogen) atoms. The van der Waals surface area contributed by atoms with Crippen LogP contribution in [0.25, 0.3) is 0 Å². The normalized spacial score (nSPS) is 14.7. The van der Waals surface area contributed by atoms with E-state index in [1.54, 1.807) is 24.2 Å². The second-order valence-electron chi connectivity index (χ2n) is 9.02. The van der Waals surface area contributed by atoms with Crippen molar-refractivity contribution in [1.82, 2.24) is 10.3 Å². The van der Waals surface area contributed by atoms with Crippen molar-refractivity contribution in [2.45, 2.75) is 59.4 Å². The van der Waals surface area contributed by atoms with Crippen LogP contribution in [0.4, 0.5) is 0 Å². The highest BCUT2D eigenvalue weighted by Gasteiger charge is 2.19. The van der Waals surface area contributed by atoms with E-state index in [-0.39, 0.29) is 11.8 Å². The average Bonchev–Trinajstić information content (AvgIpc) is 3.01. The van der Waals surface area contributed by atoms with Crippen LogP contribution < -0.4 is 5.32 Å². The number of benzene rings is 1. The molecule has 200 valence electrons. The summed E-state index contributed by atoms with van der Waals surface area (Å²) in [7, 11) is 0. The zero-order chi connectivity index (χ0) is 28.1. The number of halogens is 1. The van der Waals surface area contributed by atoms with Gasteiger partial charge in [-0.3, -0.25) is 14.8 Å². The van der Waals surface area contributed by atoms with E-state index in [4.69, 9.17) is 16.6 Å². The number of pyridine rings is 1. The Morgan fingerprint density at radius 2 is 1.89 bits per heavy atom. The molecule has 1 aromatic heterocycles. The van der Waals surface area contributed by atoms with Crippen molar-refractivity contribution >= 4 is 35.0 Å². The summed E-state index contributed by atoms with van der Waals surface area (Å²) in [6, 6.07) is 12.2. The summed E-state index contributed by atoms with van der Waals surface area (Å²) in [4.78, 5) is 22.9. The molecule has 1 unspecified atom stereocenters. The number of nitrogens with zero attached hydrogens (tertiary/aromatic N) is 2. The van der Waals surface area contributed by atoms with Crippen molar-refractivity contribution in [2.75, 3.05) is 0 Å². The van der Waals surface area contributed by atoms with Crippen LogP contribution in [0.5, 0.6) is 0 Å². The van der Waals surface area contributed by atoms with E-state index in [9.17, 15) is 4.79 Å². The molecule has 0 spiro atoms. The molecule has 0 bridgehead atoms. The molecule has 6 heteroatoms. The third-order valence-corrected chi connectivity index (χ3v) is 7.05. The minimum absolute atomic E-state index is 0.0388. The third kappa shape index (κ3) is 9.96. The predicted molar refractivity (Wildman–Crippen MR) is 164 cm³/mol. The lowest BCUT2D eigenvalue weighted by Gasteiger charge is -2.13. The molecule has 1 aliphatic heterocycles. The van der Waals surface area contributed by atoms with Crippen molar-refractivity contribution in [1.29, 1.82) is 0 Å². The molecule has 2 heterocycles. The van der Waals surface area contributed by atoms with E-state index in [0.29, 0.717) is 6.54 Å². The van der Waals surface area contributed by atoms with Gasteiger partial charge in [0.1, 0.15) is 0 Å². The Kier molecular flexibility index (Phi) is 13.0. The number of thioether (sulfide) groups is 1. The summed E-state index contributed by atoms with van der Waals surface area (Å²) in [6.07, 6.45) is 12.1. The molecule has 3 rings (SSSR count). The van der Waals surface area contributed by atoms with Gasteiger partial charge in [0, 0.05) is 45.0 Å². The fourth-order valence-corrected chi connectivity index (χ4v) is 4.58. The van der Waals surface area contributed by atoms with Crippen LogP contribution in [0.2, 0.25) is 0 Å². The van der Waals surface area contributed by atoms with Crippen LogP contribution in [0, 0.1) is 5.92 Å². The summed E-state index contributed by atoms with van der Waals surface area (Å²) >= 11 is 7.72. The summed E-state index contributed by atoms with van der Waals surface area (Å²) in [6.45, 7) is 16.6. The van der Waals surface area contributed by atoms with Gasteiger partial charge in [0.25, 0.3) is 0 Å². The van der Waals surface area contributed by atoms with Gasteiger partial charge >= 0.3 is 0 Å². The minimum atomic E-state index is -0.0772. The Bertz CT molecular complexity index is 1270. The van der Waals surface area contributed by atoms with E-state index >= 15 is 0 Å². The van der Waals surface area contributed by atoms with Crippen molar-refractivity contribution < 1.29 is 4.79 Å². The molecule has 0 radical (unpaired) electrons. The highest BCUT2D eigenvalue weighted by molar-refractivity contribution is 8.03. The Balaban J connectivity index is 0.000000293. The summed E-state index contributed by atoms with van der Waals surface area (Å²) in [5, 5.41) is 3.65. The topological polar surface area (TPSA) is 54.4 Å². The van der Waals surface area contributed by atoms with Crippen LogP contribution in [-0.4, -0.2) is 16.6 Å². The lowest BCUT2D eigenvalue weighted by atomic mass is 9.96. The van der Waals surface area contributed by atoms with Crippen LogP contribution >= 0.6 is 23.4 Å². The number of hydrogen-bond donors (Lipinski definition) is 1. The fourth-order valence-electron chi connectivity index (χ4n) is 3.54. The highest BCUT2D eigenvalue weighted by Crippen LogP contribution is 2.36. The van der Waals surface area contributed by atoms with Crippen molar-refractivity contribution in [3.63, 3.8) is 0 Å². The van der Waals surface area contributed by atoms with E-state index in [1.807, 2.05) is 58.1 Å². The molecule has 1 aliphatic rings. The fraction of sp³-hybridized carbons (Fsp3) is 0.281. The molecule has 0 fully saturated rings. The van der Waals surface area contributed by atoms with Crippen LogP contribution in [0.15, 0.2) is 116 Å². The van der Waals surface area contributed by atoms with E-state index < -0.39 is 0 Å². The van der Waals surface area contributed by atoms with Gasteiger partial charge in [0.05, 0.1) is 11.6 Å². The average molecular weight is 548 g/mol. The van der Waals surface area contributed by atoms with Crippen LogP contribution in [0.1, 0.15) is 59.1 Å². The molecular formula is C32H38ClN3OS. The maximum Gasteiger partial charge on any atom is 0.226 e. The lowest BCUT2D eigenvalue weighted by Crippen LogP contribution is -2.27. The number of carbonyl (C=O) groups is 1. The molecule has 1 atom stereocenters. The SMILES string of the molecule is C/C=C\C(C)C(=O)NCc1cccnc1.C=C(C)/C(=C\C/C=C(\C)Cl)C1=NC(C)=C(C)Sc2ccccc21. The van der Waals surface area contributed by atoms with Gasteiger partial charge in [0.15, 0.2) is 0 Å². The van der Waals surface area contributed by atoms with E-state index in [0.717, 1.165) is 45.1 Å². The van der Waals surface area contributed by atoms with Gasteiger partial charge in [-0.1, -0.05) is 85.4 Å². The van der Waals surface area contributed by atoms with Gasteiger partial charge < -0.3 is 5.32 Å². The van der Waals surface area contributed by atoms with Gasteiger partial charge in [-0.2, -0.15) is 0 Å². The molecule has 0 saturated heterocycles. The van der Waals surface area contributed by atoms with E-state index in [1.165, 1.54) is 9.80 Å². The molecule has 1 amide bonds. The number of aliphatic imine (C=N–C) groups is 1. The molecule has 2 aromatic rings. The first kappa shape index (κ1) is 31.1. The van der Waals surface area contributed by atoms with Gasteiger partial charge in [0.2, 0.25) is 5.91 Å². The number of rotatable bonds is 8. The summed E-state index contributed by atoms with van der Waals surface area (Å²) < 4.78 is 0. The Labute approximate surface area is 237 Å². The number of aromatic nitrogens is 1. The molecule has 0 saturated carbocycles. The van der Waals surface area contributed by atoms with Crippen molar-refractivity contribution in [3.8, 4) is 0 Å². The summed E-state index contributed by atoms with van der Waals surface area (Å²) in [5.74, 6) is -0.0383. The second kappa shape index (κ2) is 16.0. The number of nitrogens with one attached hydrogen (secondary N) is 1. The number of hydrogen-bond acceptors (Lipinski definition) is 4. The van der Waals surface area contributed by atoms with Gasteiger partial charge in [-0.25, -0.2) is 0 Å². The van der Waals surface area contributed by atoms with Gasteiger partial charge in [-0.05, 0) is 69.9 Å². The quantitative estimate of drug-likeness (QED) is 0.265. The molecule has 1 aromatic carbocycles. The Morgan fingerprint density at radius 3 is 2.53 bits per heavy atom. The Hall–Kier alpha value is -3.15. The predicted octanol–water partition coefficient (Wildman–Crippen LogP) is 8.78. The maximum atomic E-state index is 11.5. The smallest absolute Gasteiger partial charge is 0.226 e. The number of amides is 1. The van der Waals surface area contributed by atoms with Crippen molar-refractivity contribution in [3.05, 3.63) is 118 Å². The van der Waals surface area contributed by atoms with Gasteiger partial charge in [-0.15, -0.1) is 0 Å². The van der Waals surface area contributed by atoms with Crippen LogP contribution in [-0.2, 0) is 11.3 Å². The van der Waals surface area contributed by atoms with Crippen LogP contribution in [0.3, 0.4) is 0 Å². The first-order valence-corrected chi connectivity index (χ1v) is 13.8. The lowest BCUT2D eigenvalue weighted by molar-refractivity contribution is -0.123. The number of allylic oxidation sites excluding steroid dienone is 8. The Morgan fingerprint density at radius 1 is 1.16 bits per heavy atom. The largest absolute Gasteiger partial charge is 0.351 e. The molecule has 0 aliphatic carbocycles. The summed E-state index contributed by atoms with van der Waals surface area (Å²) in [5.41, 5.74) is 6.32. The minimum Gasteiger partial charge on any atom is -0.351 e. The second-order valence-corrected chi connectivity index (χ2v) is 10.9. The number of fused-ring (bicyclic) bond motifs is 1. The molecule has 1 N–H and O–H groups in total.